The molecule has 0 aromatic carbocycles. The van der Waals surface area contributed by atoms with Gasteiger partial charge in [-0.2, -0.15) is 5.10 Å². The topological polar surface area (TPSA) is 43.3 Å². The molecule has 2 rings (SSSR count). The van der Waals surface area contributed by atoms with Gasteiger partial charge in [0.05, 0.1) is 11.2 Å². The van der Waals surface area contributed by atoms with Crippen molar-refractivity contribution in [2.75, 3.05) is 6.54 Å². The highest BCUT2D eigenvalue weighted by atomic mass is 15.2. The molecule has 0 aliphatic rings. The first-order chi connectivity index (χ1) is 6.79. The highest BCUT2D eigenvalue weighted by Gasteiger charge is 1.98. The van der Waals surface area contributed by atoms with Crippen LogP contribution in [0.15, 0.2) is 24.4 Å². The molecule has 0 aliphatic heterocycles. The molecule has 2 aromatic rings. The quantitative estimate of drug-likeness (QED) is 0.795. The van der Waals surface area contributed by atoms with Crippen molar-refractivity contribution in [2.45, 2.75) is 19.8 Å². The molecule has 0 amide bonds. The standard InChI is InChI=1S/C11H15N3/c1-9-7-11-5-4-10(3-2-6-12)8-14(11)13-9/h4-5,7-8H,2-3,6,12H2,1H3. The normalized spacial score (nSPS) is 11.0. The van der Waals surface area contributed by atoms with E-state index in [-0.39, 0.29) is 0 Å². The Kier molecular flexibility index (Phi) is 2.50. The molecule has 0 aliphatic carbocycles. The molecule has 3 heteroatoms. The van der Waals surface area contributed by atoms with Crippen LogP contribution in [0.2, 0.25) is 0 Å². The zero-order valence-electron chi connectivity index (χ0n) is 8.40. The van der Waals surface area contributed by atoms with Gasteiger partial charge in [-0.3, -0.25) is 0 Å². The van der Waals surface area contributed by atoms with Gasteiger partial charge in [-0.1, -0.05) is 6.07 Å². The highest BCUT2D eigenvalue weighted by molar-refractivity contribution is 5.47. The number of hydrogen-bond acceptors (Lipinski definition) is 2. The van der Waals surface area contributed by atoms with Crippen LogP contribution in [0.5, 0.6) is 0 Å². The van der Waals surface area contributed by atoms with Crippen molar-refractivity contribution >= 4 is 5.52 Å². The van der Waals surface area contributed by atoms with Gasteiger partial charge < -0.3 is 5.73 Å². The van der Waals surface area contributed by atoms with E-state index in [1.807, 2.05) is 11.4 Å². The van der Waals surface area contributed by atoms with Crippen LogP contribution in [0.25, 0.3) is 5.52 Å². The average Bonchev–Trinajstić information content (AvgIpc) is 2.54. The number of nitrogens with two attached hydrogens (primary N) is 1. The Morgan fingerprint density at radius 1 is 1.43 bits per heavy atom. The molecule has 14 heavy (non-hydrogen) atoms. The molecule has 74 valence electrons. The van der Waals surface area contributed by atoms with Gasteiger partial charge in [0.15, 0.2) is 0 Å². The van der Waals surface area contributed by atoms with E-state index >= 15 is 0 Å². The van der Waals surface area contributed by atoms with E-state index in [0.29, 0.717) is 0 Å². The van der Waals surface area contributed by atoms with Gasteiger partial charge in [-0.05, 0) is 44.0 Å². The highest BCUT2D eigenvalue weighted by Crippen LogP contribution is 2.09. The summed E-state index contributed by atoms with van der Waals surface area (Å²) in [5, 5.41) is 4.37. The Bertz CT molecular complexity index is 431. The second kappa shape index (κ2) is 3.80. The summed E-state index contributed by atoms with van der Waals surface area (Å²) in [6, 6.07) is 6.32. The number of aromatic nitrogens is 2. The largest absolute Gasteiger partial charge is 0.330 e. The minimum absolute atomic E-state index is 0.746. The summed E-state index contributed by atoms with van der Waals surface area (Å²) in [5.41, 5.74) is 8.98. The van der Waals surface area contributed by atoms with E-state index in [9.17, 15) is 0 Å². The lowest BCUT2D eigenvalue weighted by Gasteiger charge is -2.00. The number of nitrogens with zero attached hydrogens (tertiary/aromatic N) is 2. The second-order valence-electron chi connectivity index (χ2n) is 3.58. The van der Waals surface area contributed by atoms with Gasteiger partial charge in [0.2, 0.25) is 0 Å². The zero-order chi connectivity index (χ0) is 9.97. The third kappa shape index (κ3) is 1.77. The molecule has 0 unspecified atom stereocenters. The number of fused-ring (bicyclic) bond motifs is 1. The molecule has 2 heterocycles. The fraction of sp³-hybridized carbons (Fsp3) is 0.364. The maximum Gasteiger partial charge on any atom is 0.0664 e. The van der Waals surface area contributed by atoms with Crippen molar-refractivity contribution in [1.82, 2.24) is 9.61 Å². The third-order valence-corrected chi connectivity index (χ3v) is 2.31. The van der Waals surface area contributed by atoms with Gasteiger partial charge in [0.25, 0.3) is 0 Å². The van der Waals surface area contributed by atoms with E-state index in [0.717, 1.165) is 30.6 Å². The first kappa shape index (κ1) is 9.21. The van der Waals surface area contributed by atoms with Crippen molar-refractivity contribution in [2.24, 2.45) is 5.73 Å². The second-order valence-corrected chi connectivity index (χ2v) is 3.58. The van der Waals surface area contributed by atoms with Crippen LogP contribution in [-0.2, 0) is 6.42 Å². The minimum atomic E-state index is 0.746. The maximum atomic E-state index is 5.47. The van der Waals surface area contributed by atoms with Crippen LogP contribution >= 0.6 is 0 Å². The smallest absolute Gasteiger partial charge is 0.0664 e. The van der Waals surface area contributed by atoms with Crippen LogP contribution in [-0.4, -0.2) is 16.2 Å². The van der Waals surface area contributed by atoms with Crippen molar-refractivity contribution in [3.8, 4) is 0 Å². The first-order valence-electron chi connectivity index (χ1n) is 4.94. The van der Waals surface area contributed by atoms with Crippen LogP contribution in [0.3, 0.4) is 0 Å². The molecule has 0 saturated heterocycles. The predicted molar refractivity (Wildman–Crippen MR) is 57.3 cm³/mol. The molecular formula is C11H15N3. The maximum absolute atomic E-state index is 5.47. The SMILES string of the molecule is Cc1cc2ccc(CCCN)cn2n1. The first-order valence-corrected chi connectivity index (χ1v) is 4.94. The van der Waals surface area contributed by atoms with Crippen LogP contribution < -0.4 is 5.73 Å². The Morgan fingerprint density at radius 2 is 2.29 bits per heavy atom. The Morgan fingerprint density at radius 3 is 3.07 bits per heavy atom. The number of pyridine rings is 1. The van der Waals surface area contributed by atoms with Crippen molar-refractivity contribution in [1.29, 1.82) is 0 Å². The third-order valence-electron chi connectivity index (χ3n) is 2.31. The Labute approximate surface area is 83.5 Å². The predicted octanol–water partition coefficient (Wildman–Crippen LogP) is 1.53. The fourth-order valence-corrected chi connectivity index (χ4v) is 1.61. The van der Waals surface area contributed by atoms with E-state index in [1.54, 1.807) is 0 Å². The van der Waals surface area contributed by atoms with Crippen molar-refractivity contribution < 1.29 is 0 Å². The Hall–Kier alpha value is -1.35. The van der Waals surface area contributed by atoms with Crippen molar-refractivity contribution in [3.05, 3.63) is 35.7 Å². The van der Waals surface area contributed by atoms with E-state index < -0.39 is 0 Å². The lowest BCUT2D eigenvalue weighted by atomic mass is 10.1. The van der Waals surface area contributed by atoms with Crippen LogP contribution in [0, 0.1) is 6.92 Å². The molecule has 0 bridgehead atoms. The number of rotatable bonds is 3. The molecule has 0 atom stereocenters. The monoisotopic (exact) mass is 189 g/mol. The zero-order valence-corrected chi connectivity index (χ0v) is 8.40. The molecule has 0 fully saturated rings. The summed E-state index contributed by atoms with van der Waals surface area (Å²) in [4.78, 5) is 0. The van der Waals surface area contributed by atoms with Gasteiger partial charge in [-0.25, -0.2) is 4.52 Å². The van der Waals surface area contributed by atoms with Crippen LogP contribution in [0.4, 0.5) is 0 Å². The summed E-state index contributed by atoms with van der Waals surface area (Å²) in [5.74, 6) is 0. The lowest BCUT2D eigenvalue weighted by Crippen LogP contribution is -2.01. The number of hydrogen-bond donors (Lipinski definition) is 1. The molecule has 2 N–H and O–H groups in total. The van der Waals surface area contributed by atoms with Gasteiger partial charge in [-0.15, -0.1) is 0 Å². The number of aryl methyl sites for hydroxylation is 2. The van der Waals surface area contributed by atoms with Gasteiger partial charge in [0, 0.05) is 6.20 Å². The fourth-order valence-electron chi connectivity index (χ4n) is 1.61. The summed E-state index contributed by atoms with van der Waals surface area (Å²) in [7, 11) is 0. The molecular weight excluding hydrogens is 174 g/mol. The summed E-state index contributed by atoms with van der Waals surface area (Å²) in [6.45, 7) is 2.75. The van der Waals surface area contributed by atoms with E-state index in [2.05, 4.69) is 29.5 Å². The molecule has 3 nitrogen and oxygen atoms in total. The van der Waals surface area contributed by atoms with Gasteiger partial charge in [0.1, 0.15) is 0 Å². The van der Waals surface area contributed by atoms with E-state index in [1.165, 1.54) is 5.56 Å². The van der Waals surface area contributed by atoms with E-state index in [4.69, 9.17) is 5.73 Å². The minimum Gasteiger partial charge on any atom is -0.330 e. The molecule has 2 aromatic heterocycles. The lowest BCUT2D eigenvalue weighted by molar-refractivity contribution is 0.817. The molecule has 0 radical (unpaired) electrons. The average molecular weight is 189 g/mol. The summed E-state index contributed by atoms with van der Waals surface area (Å²) >= 11 is 0. The Balaban J connectivity index is 2.31. The molecule has 0 saturated carbocycles. The van der Waals surface area contributed by atoms with Gasteiger partial charge >= 0.3 is 0 Å². The van der Waals surface area contributed by atoms with Crippen LogP contribution in [0.1, 0.15) is 17.7 Å². The molecule has 0 spiro atoms. The van der Waals surface area contributed by atoms with Crippen molar-refractivity contribution in [3.63, 3.8) is 0 Å². The summed E-state index contributed by atoms with van der Waals surface area (Å²) in [6.07, 6.45) is 4.15. The summed E-state index contributed by atoms with van der Waals surface area (Å²) < 4.78 is 1.93.